The van der Waals surface area contributed by atoms with E-state index in [0.717, 1.165) is 24.6 Å². The summed E-state index contributed by atoms with van der Waals surface area (Å²) in [5.41, 5.74) is 0.877. The highest BCUT2D eigenvalue weighted by Gasteiger charge is 2.24. The maximum absolute atomic E-state index is 5.91. The van der Waals surface area contributed by atoms with Crippen LogP contribution in [0.2, 0.25) is 5.02 Å². The van der Waals surface area contributed by atoms with E-state index in [2.05, 4.69) is 39.2 Å². The molecule has 142 valence electrons. The topological polar surface area (TPSA) is 66.5 Å². The average Bonchev–Trinajstić information content (AvgIpc) is 3.04. The second-order valence-corrected chi connectivity index (χ2v) is 7.21. The molecule has 2 atom stereocenters. The molecule has 1 fully saturated rings. The van der Waals surface area contributed by atoms with E-state index in [4.69, 9.17) is 16.1 Å². The molecule has 1 aromatic carbocycles. The lowest BCUT2D eigenvalue weighted by atomic mass is 9.92. The fourth-order valence-corrected chi connectivity index (χ4v) is 3.49. The van der Waals surface area contributed by atoms with Gasteiger partial charge in [-0.2, -0.15) is 4.98 Å². The van der Waals surface area contributed by atoms with E-state index < -0.39 is 0 Å². The lowest BCUT2D eigenvalue weighted by Crippen LogP contribution is -2.48. The number of guanidine groups is 1. The molecule has 0 spiro atoms. The molecule has 2 heterocycles. The number of hydrogen-bond donors (Lipinski definition) is 1. The van der Waals surface area contributed by atoms with Crippen LogP contribution in [0.25, 0.3) is 11.4 Å². The third kappa shape index (κ3) is 5.33. The molecule has 0 aliphatic carbocycles. The van der Waals surface area contributed by atoms with Crippen molar-refractivity contribution in [1.82, 2.24) is 20.4 Å². The van der Waals surface area contributed by atoms with Gasteiger partial charge in [0.15, 0.2) is 5.96 Å². The van der Waals surface area contributed by atoms with Crippen molar-refractivity contribution < 1.29 is 4.52 Å². The Morgan fingerprint density at radius 1 is 1.27 bits per heavy atom. The smallest absolute Gasteiger partial charge is 0.246 e. The monoisotopic (exact) mass is 489 g/mol. The Kier molecular flexibility index (Phi) is 7.69. The summed E-state index contributed by atoms with van der Waals surface area (Å²) in [7, 11) is 1.80. The first kappa shape index (κ1) is 21.0. The first-order valence-electron chi connectivity index (χ1n) is 8.59. The predicted octanol–water partition coefficient (Wildman–Crippen LogP) is 4.06. The minimum absolute atomic E-state index is 0. The summed E-state index contributed by atoms with van der Waals surface area (Å²) in [5.74, 6) is 3.31. The summed E-state index contributed by atoms with van der Waals surface area (Å²) in [6, 6.07) is 7.37. The standard InChI is InChI=1S/C18H24ClN5O.HI/c1-12-8-13(2)11-24(10-12)18(20-3)21-9-16-22-17(23-25-16)14-4-6-15(19)7-5-14;/h4-7,12-13H,8-11H2,1-3H3,(H,20,21);1H. The van der Waals surface area contributed by atoms with E-state index in [-0.39, 0.29) is 24.0 Å². The molecule has 2 aromatic rings. The Bertz CT molecular complexity index is 723. The summed E-state index contributed by atoms with van der Waals surface area (Å²) < 4.78 is 5.34. The van der Waals surface area contributed by atoms with Crippen molar-refractivity contribution in [2.24, 2.45) is 16.8 Å². The van der Waals surface area contributed by atoms with E-state index in [9.17, 15) is 0 Å². The quantitative estimate of drug-likeness (QED) is 0.400. The van der Waals surface area contributed by atoms with Crippen LogP contribution in [-0.2, 0) is 6.54 Å². The van der Waals surface area contributed by atoms with Crippen LogP contribution in [-0.4, -0.2) is 41.1 Å². The van der Waals surface area contributed by atoms with E-state index in [1.807, 2.05) is 24.3 Å². The Labute approximate surface area is 176 Å². The van der Waals surface area contributed by atoms with Gasteiger partial charge in [-0.1, -0.05) is 30.6 Å². The van der Waals surface area contributed by atoms with Crippen molar-refractivity contribution in [3.63, 3.8) is 0 Å². The maximum Gasteiger partial charge on any atom is 0.246 e. The van der Waals surface area contributed by atoms with Crippen molar-refractivity contribution in [3.8, 4) is 11.4 Å². The third-order valence-electron chi connectivity index (χ3n) is 4.35. The number of aromatic nitrogens is 2. The second kappa shape index (κ2) is 9.55. The molecule has 26 heavy (non-hydrogen) atoms. The van der Waals surface area contributed by atoms with Gasteiger partial charge in [0.05, 0.1) is 6.54 Å². The third-order valence-corrected chi connectivity index (χ3v) is 4.60. The predicted molar refractivity (Wildman–Crippen MR) is 115 cm³/mol. The van der Waals surface area contributed by atoms with Gasteiger partial charge < -0.3 is 14.7 Å². The number of hydrogen-bond acceptors (Lipinski definition) is 4. The minimum Gasteiger partial charge on any atom is -0.347 e. The molecule has 6 nitrogen and oxygen atoms in total. The molecule has 8 heteroatoms. The van der Waals surface area contributed by atoms with Crippen LogP contribution in [0.15, 0.2) is 33.8 Å². The van der Waals surface area contributed by atoms with Crippen LogP contribution in [0.1, 0.15) is 26.2 Å². The normalized spacial score (nSPS) is 20.6. The molecule has 2 unspecified atom stereocenters. The van der Waals surface area contributed by atoms with E-state index in [1.165, 1.54) is 6.42 Å². The summed E-state index contributed by atoms with van der Waals surface area (Å²) >= 11 is 5.91. The number of nitrogens with zero attached hydrogens (tertiary/aromatic N) is 4. The SMILES string of the molecule is CN=C(NCc1nc(-c2ccc(Cl)cc2)no1)N1CC(C)CC(C)C1.I. The molecule has 1 aliphatic heterocycles. The molecular formula is C18H25ClIN5O. The van der Waals surface area contributed by atoms with Crippen molar-refractivity contribution in [3.05, 3.63) is 35.2 Å². The first-order chi connectivity index (χ1) is 12.0. The number of benzene rings is 1. The number of nitrogens with one attached hydrogen (secondary N) is 1. The van der Waals surface area contributed by atoms with Crippen LogP contribution in [0, 0.1) is 11.8 Å². The number of likely N-dealkylation sites (tertiary alicyclic amines) is 1. The highest BCUT2D eigenvalue weighted by molar-refractivity contribution is 14.0. The minimum atomic E-state index is 0. The molecule has 1 aromatic heterocycles. The number of aliphatic imine (C=N–C) groups is 1. The van der Waals surface area contributed by atoms with Gasteiger partial charge in [0.25, 0.3) is 0 Å². The average molecular weight is 490 g/mol. The second-order valence-electron chi connectivity index (χ2n) is 6.77. The highest BCUT2D eigenvalue weighted by Crippen LogP contribution is 2.21. The lowest BCUT2D eigenvalue weighted by Gasteiger charge is -2.36. The fraction of sp³-hybridized carbons (Fsp3) is 0.500. The van der Waals surface area contributed by atoms with Crippen LogP contribution in [0.3, 0.4) is 0 Å². The van der Waals surface area contributed by atoms with Gasteiger partial charge in [0.2, 0.25) is 11.7 Å². The van der Waals surface area contributed by atoms with E-state index in [0.29, 0.717) is 35.1 Å². The zero-order chi connectivity index (χ0) is 17.8. The van der Waals surface area contributed by atoms with Gasteiger partial charge in [-0.25, -0.2) is 0 Å². The van der Waals surface area contributed by atoms with Gasteiger partial charge >= 0.3 is 0 Å². The van der Waals surface area contributed by atoms with Crippen LogP contribution in [0.5, 0.6) is 0 Å². The molecule has 1 saturated heterocycles. The van der Waals surface area contributed by atoms with Crippen molar-refractivity contribution >= 4 is 41.5 Å². The summed E-state index contributed by atoms with van der Waals surface area (Å²) in [5, 5.41) is 8.05. The maximum atomic E-state index is 5.91. The molecule has 3 rings (SSSR count). The number of halogens is 2. The Morgan fingerprint density at radius 3 is 2.54 bits per heavy atom. The Balaban J connectivity index is 0.00000243. The van der Waals surface area contributed by atoms with Gasteiger partial charge in [-0.15, -0.1) is 24.0 Å². The zero-order valence-electron chi connectivity index (χ0n) is 15.3. The van der Waals surface area contributed by atoms with Gasteiger partial charge in [0, 0.05) is 30.7 Å². The van der Waals surface area contributed by atoms with E-state index >= 15 is 0 Å². The van der Waals surface area contributed by atoms with Crippen LogP contribution in [0.4, 0.5) is 0 Å². The summed E-state index contributed by atoms with van der Waals surface area (Å²) in [6.45, 7) is 7.05. The Hall–Kier alpha value is -1.35. The van der Waals surface area contributed by atoms with Crippen LogP contribution >= 0.6 is 35.6 Å². The molecule has 1 aliphatic rings. The van der Waals surface area contributed by atoms with Crippen molar-refractivity contribution in [2.45, 2.75) is 26.8 Å². The van der Waals surface area contributed by atoms with Crippen molar-refractivity contribution in [2.75, 3.05) is 20.1 Å². The summed E-state index contributed by atoms with van der Waals surface area (Å²) in [4.78, 5) is 11.1. The molecule has 1 N–H and O–H groups in total. The van der Waals surface area contributed by atoms with Crippen molar-refractivity contribution in [1.29, 1.82) is 0 Å². The lowest BCUT2D eigenvalue weighted by molar-refractivity contribution is 0.208. The fourth-order valence-electron chi connectivity index (χ4n) is 3.37. The largest absolute Gasteiger partial charge is 0.347 e. The summed E-state index contributed by atoms with van der Waals surface area (Å²) in [6.07, 6.45) is 1.27. The first-order valence-corrected chi connectivity index (χ1v) is 8.97. The van der Waals surface area contributed by atoms with Gasteiger partial charge in [-0.05, 0) is 42.5 Å². The van der Waals surface area contributed by atoms with Crippen LogP contribution < -0.4 is 5.32 Å². The molecular weight excluding hydrogens is 465 g/mol. The van der Waals surface area contributed by atoms with E-state index in [1.54, 1.807) is 7.05 Å². The van der Waals surface area contributed by atoms with Gasteiger partial charge in [0.1, 0.15) is 0 Å². The molecule has 0 saturated carbocycles. The number of rotatable bonds is 3. The highest BCUT2D eigenvalue weighted by atomic mass is 127. The molecule has 0 radical (unpaired) electrons. The number of piperidine rings is 1. The Morgan fingerprint density at radius 2 is 1.92 bits per heavy atom. The molecule has 0 amide bonds. The molecule has 0 bridgehead atoms. The zero-order valence-corrected chi connectivity index (χ0v) is 18.4. The van der Waals surface area contributed by atoms with Gasteiger partial charge in [-0.3, -0.25) is 4.99 Å².